The minimum absolute atomic E-state index is 0.0554. The summed E-state index contributed by atoms with van der Waals surface area (Å²) in [6.45, 7) is 1.79. The van der Waals surface area contributed by atoms with E-state index in [1.807, 2.05) is 24.3 Å². The monoisotopic (exact) mass is 375 g/mol. The van der Waals surface area contributed by atoms with Crippen LogP contribution in [0.3, 0.4) is 0 Å². The van der Waals surface area contributed by atoms with E-state index in [0.717, 1.165) is 17.7 Å². The van der Waals surface area contributed by atoms with Crippen molar-refractivity contribution in [2.45, 2.75) is 25.3 Å². The molecule has 0 aliphatic carbocycles. The second-order valence-electron chi connectivity index (χ2n) is 7.00. The van der Waals surface area contributed by atoms with E-state index in [0.29, 0.717) is 26.1 Å². The lowest BCUT2D eigenvalue weighted by Gasteiger charge is -2.24. The molecule has 0 aromatic heterocycles. The van der Waals surface area contributed by atoms with Gasteiger partial charge in [-0.25, -0.2) is 4.79 Å². The van der Waals surface area contributed by atoms with Gasteiger partial charge in [-0.3, -0.25) is 9.59 Å². The third kappa shape index (κ3) is 4.50. The average Bonchev–Trinajstić information content (AvgIpc) is 3.29. The summed E-state index contributed by atoms with van der Waals surface area (Å²) in [5.74, 6) is -0.900. The van der Waals surface area contributed by atoms with Crippen molar-refractivity contribution in [1.82, 2.24) is 15.1 Å². The van der Waals surface area contributed by atoms with Crippen molar-refractivity contribution >= 4 is 17.9 Å². The number of nitrogens with one attached hydrogen (secondary N) is 1. The molecule has 2 unspecified atom stereocenters. The highest BCUT2D eigenvalue weighted by Crippen LogP contribution is 2.25. The van der Waals surface area contributed by atoms with Gasteiger partial charge in [0.15, 0.2) is 0 Å². The van der Waals surface area contributed by atoms with Crippen LogP contribution in [0, 0.1) is 5.92 Å². The molecule has 3 amide bonds. The Labute approximate surface area is 158 Å². The van der Waals surface area contributed by atoms with Gasteiger partial charge in [0.25, 0.3) is 0 Å². The minimum atomic E-state index is -0.933. The SMILES string of the molecule is COc1ccc(CCNC(=O)N2CCC(N3CC(C(=O)O)CC3=O)C2)cc1. The van der Waals surface area contributed by atoms with Gasteiger partial charge in [-0.2, -0.15) is 0 Å². The zero-order chi connectivity index (χ0) is 19.4. The predicted octanol–water partition coefficient (Wildman–Crippen LogP) is 0.955. The van der Waals surface area contributed by atoms with Gasteiger partial charge in [-0.05, 0) is 30.5 Å². The fourth-order valence-corrected chi connectivity index (χ4v) is 3.65. The first-order chi connectivity index (χ1) is 13.0. The first-order valence-electron chi connectivity index (χ1n) is 9.16. The number of ether oxygens (including phenoxy) is 1. The summed E-state index contributed by atoms with van der Waals surface area (Å²) in [6.07, 6.45) is 1.46. The molecule has 2 atom stereocenters. The molecule has 2 saturated heterocycles. The summed E-state index contributed by atoms with van der Waals surface area (Å²) >= 11 is 0. The number of hydrogen-bond acceptors (Lipinski definition) is 4. The van der Waals surface area contributed by atoms with Crippen LogP contribution in [0.25, 0.3) is 0 Å². The molecule has 0 spiro atoms. The van der Waals surface area contributed by atoms with Crippen molar-refractivity contribution in [3.63, 3.8) is 0 Å². The van der Waals surface area contributed by atoms with Crippen molar-refractivity contribution < 1.29 is 24.2 Å². The lowest BCUT2D eigenvalue weighted by atomic mass is 10.1. The van der Waals surface area contributed by atoms with E-state index in [1.165, 1.54) is 0 Å². The lowest BCUT2D eigenvalue weighted by Crippen LogP contribution is -2.43. The van der Waals surface area contributed by atoms with Gasteiger partial charge in [-0.1, -0.05) is 12.1 Å². The van der Waals surface area contributed by atoms with Crippen LogP contribution in [-0.2, 0) is 16.0 Å². The van der Waals surface area contributed by atoms with E-state index in [4.69, 9.17) is 9.84 Å². The van der Waals surface area contributed by atoms with Gasteiger partial charge in [0.1, 0.15) is 5.75 Å². The molecule has 2 N–H and O–H groups in total. The van der Waals surface area contributed by atoms with Crippen LogP contribution >= 0.6 is 0 Å². The molecule has 0 saturated carbocycles. The van der Waals surface area contributed by atoms with Crippen LogP contribution in [0.4, 0.5) is 4.79 Å². The van der Waals surface area contributed by atoms with Gasteiger partial charge >= 0.3 is 12.0 Å². The normalized spacial score (nSPS) is 22.2. The number of carbonyl (C=O) groups excluding carboxylic acids is 2. The molecule has 8 heteroatoms. The smallest absolute Gasteiger partial charge is 0.317 e. The molecule has 27 heavy (non-hydrogen) atoms. The number of rotatable bonds is 6. The number of aliphatic carboxylic acids is 1. The first-order valence-corrected chi connectivity index (χ1v) is 9.16. The van der Waals surface area contributed by atoms with Gasteiger partial charge in [-0.15, -0.1) is 0 Å². The van der Waals surface area contributed by atoms with E-state index >= 15 is 0 Å². The maximum absolute atomic E-state index is 12.3. The number of likely N-dealkylation sites (tertiary alicyclic amines) is 2. The Bertz CT molecular complexity index is 706. The van der Waals surface area contributed by atoms with Gasteiger partial charge in [0.05, 0.1) is 19.1 Å². The van der Waals surface area contributed by atoms with Crippen LogP contribution in [-0.4, -0.2) is 72.1 Å². The molecule has 1 aromatic carbocycles. The Hall–Kier alpha value is -2.77. The molecule has 2 aliphatic heterocycles. The second kappa shape index (κ2) is 8.28. The Morgan fingerprint density at radius 3 is 2.63 bits per heavy atom. The van der Waals surface area contributed by atoms with E-state index in [1.54, 1.807) is 16.9 Å². The standard InChI is InChI=1S/C19H25N3O5/c1-27-16-4-2-13(3-5-16)6-8-20-19(26)21-9-7-15(12-21)22-11-14(18(24)25)10-17(22)23/h2-5,14-15H,6-12H2,1H3,(H,20,26)(H,24,25). The number of hydrogen-bond donors (Lipinski definition) is 2. The van der Waals surface area contributed by atoms with E-state index in [9.17, 15) is 14.4 Å². The number of urea groups is 1. The predicted molar refractivity (Wildman–Crippen MR) is 97.5 cm³/mol. The summed E-state index contributed by atoms with van der Waals surface area (Å²) in [7, 11) is 1.62. The number of carboxylic acids is 1. The summed E-state index contributed by atoms with van der Waals surface area (Å²) in [6, 6.07) is 7.48. The molecular weight excluding hydrogens is 350 g/mol. The fraction of sp³-hybridized carbons (Fsp3) is 0.526. The highest BCUT2D eigenvalue weighted by molar-refractivity contribution is 5.86. The summed E-state index contributed by atoms with van der Waals surface area (Å²) in [5, 5.41) is 12.0. The molecule has 1 aromatic rings. The molecule has 8 nitrogen and oxygen atoms in total. The van der Waals surface area contributed by atoms with Crippen LogP contribution in [0.1, 0.15) is 18.4 Å². The maximum Gasteiger partial charge on any atom is 0.317 e. The summed E-state index contributed by atoms with van der Waals surface area (Å²) < 4.78 is 5.12. The fourth-order valence-electron chi connectivity index (χ4n) is 3.65. The van der Waals surface area contributed by atoms with Gasteiger partial charge in [0.2, 0.25) is 5.91 Å². The Morgan fingerprint density at radius 1 is 1.26 bits per heavy atom. The van der Waals surface area contributed by atoms with E-state index < -0.39 is 11.9 Å². The lowest BCUT2D eigenvalue weighted by molar-refractivity contribution is -0.141. The zero-order valence-electron chi connectivity index (χ0n) is 15.4. The highest BCUT2D eigenvalue weighted by Gasteiger charge is 2.40. The van der Waals surface area contributed by atoms with Crippen molar-refractivity contribution in [2.75, 3.05) is 33.3 Å². The Balaban J connectivity index is 1.43. The number of amides is 3. The molecule has 0 radical (unpaired) electrons. The number of carbonyl (C=O) groups is 3. The third-order valence-corrected chi connectivity index (χ3v) is 5.25. The zero-order valence-corrected chi connectivity index (χ0v) is 15.4. The van der Waals surface area contributed by atoms with E-state index in [-0.39, 0.29) is 30.9 Å². The third-order valence-electron chi connectivity index (χ3n) is 5.25. The molecule has 0 bridgehead atoms. The van der Waals surface area contributed by atoms with E-state index in [2.05, 4.69) is 5.32 Å². The second-order valence-corrected chi connectivity index (χ2v) is 7.00. The van der Waals surface area contributed by atoms with Crippen LogP contribution in [0.15, 0.2) is 24.3 Å². The Morgan fingerprint density at radius 2 is 2.00 bits per heavy atom. The average molecular weight is 375 g/mol. The number of nitrogens with zero attached hydrogens (tertiary/aromatic N) is 2. The van der Waals surface area contributed by atoms with Gasteiger partial charge in [0, 0.05) is 32.6 Å². The van der Waals surface area contributed by atoms with Crippen molar-refractivity contribution in [1.29, 1.82) is 0 Å². The van der Waals surface area contributed by atoms with Crippen LogP contribution in [0.5, 0.6) is 5.75 Å². The molecule has 146 valence electrons. The topological polar surface area (TPSA) is 99.2 Å². The summed E-state index contributed by atoms with van der Waals surface area (Å²) in [5.41, 5.74) is 1.11. The molecular formula is C19H25N3O5. The number of methoxy groups -OCH3 is 1. The van der Waals surface area contributed by atoms with Crippen molar-refractivity contribution in [3.8, 4) is 5.75 Å². The molecule has 2 heterocycles. The van der Waals surface area contributed by atoms with Crippen molar-refractivity contribution in [2.24, 2.45) is 5.92 Å². The molecule has 2 fully saturated rings. The number of carboxylic acid groups (broad SMARTS) is 1. The largest absolute Gasteiger partial charge is 0.497 e. The van der Waals surface area contributed by atoms with Gasteiger partial charge < -0.3 is 25.0 Å². The minimum Gasteiger partial charge on any atom is -0.497 e. The van der Waals surface area contributed by atoms with Crippen LogP contribution in [0.2, 0.25) is 0 Å². The first kappa shape index (κ1) is 19.0. The molecule has 3 rings (SSSR count). The summed E-state index contributed by atoms with van der Waals surface area (Å²) in [4.78, 5) is 38.8. The Kier molecular flexibility index (Phi) is 5.83. The molecule has 2 aliphatic rings. The van der Waals surface area contributed by atoms with Crippen LogP contribution < -0.4 is 10.1 Å². The number of benzene rings is 1. The quantitative estimate of drug-likeness (QED) is 0.771. The van der Waals surface area contributed by atoms with Crippen molar-refractivity contribution in [3.05, 3.63) is 29.8 Å². The maximum atomic E-state index is 12.3. The highest BCUT2D eigenvalue weighted by atomic mass is 16.5.